The number of hydrogen-bond donors (Lipinski definition) is 2. The zero-order valence-corrected chi connectivity index (χ0v) is 13.6. The molecule has 1 aromatic carbocycles. The van der Waals surface area contributed by atoms with Crippen molar-refractivity contribution in [3.63, 3.8) is 0 Å². The van der Waals surface area contributed by atoms with Crippen LogP contribution in [-0.2, 0) is 11.8 Å². The summed E-state index contributed by atoms with van der Waals surface area (Å²) in [4.78, 5) is 12.5. The predicted octanol–water partition coefficient (Wildman–Crippen LogP) is 2.82. The van der Waals surface area contributed by atoms with E-state index in [1.54, 1.807) is 4.68 Å². The highest BCUT2D eigenvalue weighted by Gasteiger charge is 2.24. The topological polar surface area (TPSA) is 72.9 Å². The van der Waals surface area contributed by atoms with Gasteiger partial charge < -0.3 is 11.1 Å². The lowest BCUT2D eigenvalue weighted by Crippen LogP contribution is -2.30. The number of anilines is 1. The first-order valence-electron chi connectivity index (χ1n) is 7.55. The van der Waals surface area contributed by atoms with Gasteiger partial charge in [-0.05, 0) is 11.5 Å². The van der Waals surface area contributed by atoms with E-state index < -0.39 is 0 Å². The quantitative estimate of drug-likeness (QED) is 0.891. The highest BCUT2D eigenvalue weighted by atomic mass is 16.1. The second-order valence-corrected chi connectivity index (χ2v) is 5.97. The van der Waals surface area contributed by atoms with E-state index in [1.165, 1.54) is 0 Å². The van der Waals surface area contributed by atoms with Crippen molar-refractivity contribution in [1.29, 1.82) is 0 Å². The van der Waals surface area contributed by atoms with E-state index in [0.29, 0.717) is 0 Å². The smallest absolute Gasteiger partial charge is 0.229 e. The van der Waals surface area contributed by atoms with Crippen LogP contribution in [0.15, 0.2) is 36.5 Å². The first-order valence-corrected chi connectivity index (χ1v) is 7.55. The van der Waals surface area contributed by atoms with Crippen LogP contribution < -0.4 is 11.1 Å². The van der Waals surface area contributed by atoms with Crippen LogP contribution in [0.1, 0.15) is 44.0 Å². The molecule has 118 valence electrons. The van der Waals surface area contributed by atoms with Crippen LogP contribution in [0.4, 0.5) is 5.69 Å². The number of carbonyl (C=O) groups excluding carboxylic acids is 1. The Morgan fingerprint density at radius 3 is 2.45 bits per heavy atom. The van der Waals surface area contributed by atoms with E-state index in [9.17, 15) is 4.79 Å². The first kappa shape index (κ1) is 16.2. The Hall–Kier alpha value is -2.14. The van der Waals surface area contributed by atoms with E-state index in [1.807, 2.05) is 50.5 Å². The number of amides is 1. The lowest BCUT2D eigenvalue weighted by atomic mass is 9.94. The Labute approximate surface area is 131 Å². The summed E-state index contributed by atoms with van der Waals surface area (Å²) in [6, 6.07) is 9.34. The fourth-order valence-corrected chi connectivity index (χ4v) is 2.40. The molecule has 0 aliphatic rings. The molecule has 5 heteroatoms. The van der Waals surface area contributed by atoms with Crippen molar-refractivity contribution in [2.75, 3.05) is 5.32 Å². The van der Waals surface area contributed by atoms with Gasteiger partial charge in [-0.3, -0.25) is 9.48 Å². The maximum atomic E-state index is 12.5. The van der Waals surface area contributed by atoms with Crippen molar-refractivity contribution in [1.82, 2.24) is 9.78 Å². The summed E-state index contributed by atoms with van der Waals surface area (Å²) in [6.45, 7) is 5.95. The van der Waals surface area contributed by atoms with Gasteiger partial charge in [0.2, 0.25) is 5.91 Å². The monoisotopic (exact) mass is 300 g/mol. The molecule has 1 heterocycles. The molecule has 2 atom stereocenters. The molecule has 3 N–H and O–H groups in total. The molecule has 0 aliphatic heterocycles. The predicted molar refractivity (Wildman–Crippen MR) is 88.5 cm³/mol. The Balaban J connectivity index is 2.12. The molecule has 0 saturated heterocycles. The highest BCUT2D eigenvalue weighted by molar-refractivity contribution is 5.93. The van der Waals surface area contributed by atoms with Crippen LogP contribution in [0, 0.1) is 5.92 Å². The van der Waals surface area contributed by atoms with Crippen LogP contribution >= 0.6 is 0 Å². The minimum absolute atomic E-state index is 0.0914. The van der Waals surface area contributed by atoms with Crippen LogP contribution in [0.25, 0.3) is 0 Å². The summed E-state index contributed by atoms with van der Waals surface area (Å²) in [5.41, 5.74) is 8.82. The van der Waals surface area contributed by atoms with Crippen molar-refractivity contribution in [2.24, 2.45) is 18.7 Å². The van der Waals surface area contributed by atoms with Crippen molar-refractivity contribution in [3.8, 4) is 0 Å². The Morgan fingerprint density at radius 2 is 1.86 bits per heavy atom. The van der Waals surface area contributed by atoms with Crippen LogP contribution in [0.2, 0.25) is 0 Å². The zero-order chi connectivity index (χ0) is 16.3. The molecule has 0 spiro atoms. The molecule has 0 saturated carbocycles. The van der Waals surface area contributed by atoms with Crippen LogP contribution in [-0.4, -0.2) is 15.7 Å². The second kappa shape index (κ2) is 6.75. The van der Waals surface area contributed by atoms with E-state index in [-0.39, 0.29) is 23.8 Å². The Bertz CT molecular complexity index is 633. The summed E-state index contributed by atoms with van der Waals surface area (Å²) >= 11 is 0. The molecule has 1 amide bonds. The van der Waals surface area contributed by atoms with Gasteiger partial charge in [0.25, 0.3) is 0 Å². The Kier molecular flexibility index (Phi) is 4.98. The van der Waals surface area contributed by atoms with Crippen LogP contribution in [0.5, 0.6) is 0 Å². The fraction of sp³-hybridized carbons (Fsp3) is 0.412. The largest absolute Gasteiger partial charge is 0.323 e. The number of benzene rings is 1. The Morgan fingerprint density at radius 1 is 1.23 bits per heavy atom. The van der Waals surface area contributed by atoms with E-state index >= 15 is 0 Å². The van der Waals surface area contributed by atoms with Crippen molar-refractivity contribution in [2.45, 2.75) is 32.7 Å². The highest BCUT2D eigenvalue weighted by Crippen LogP contribution is 2.25. The number of nitrogens with one attached hydrogen (secondary N) is 1. The van der Waals surface area contributed by atoms with E-state index in [4.69, 9.17) is 5.73 Å². The minimum atomic E-state index is -0.333. The number of aryl methyl sites for hydroxylation is 1. The number of carbonyl (C=O) groups is 1. The average molecular weight is 300 g/mol. The standard InChI is InChI=1S/C17H24N4O/c1-11(2)16-14(10-21(4)20-16)19-17(22)12(3)15(18)13-8-6-5-7-9-13/h5-12,15H,18H2,1-4H3,(H,19,22). The lowest BCUT2D eigenvalue weighted by Gasteiger charge is -2.20. The van der Waals surface area contributed by atoms with Gasteiger partial charge in [0.05, 0.1) is 17.3 Å². The number of hydrogen-bond acceptors (Lipinski definition) is 3. The summed E-state index contributed by atoms with van der Waals surface area (Å²) in [5.74, 6) is -0.177. The van der Waals surface area contributed by atoms with E-state index in [0.717, 1.165) is 16.9 Å². The number of rotatable bonds is 5. The molecule has 0 fully saturated rings. The van der Waals surface area contributed by atoms with Gasteiger partial charge in [0, 0.05) is 19.3 Å². The van der Waals surface area contributed by atoms with Gasteiger partial charge in [0.1, 0.15) is 0 Å². The number of nitrogens with zero attached hydrogens (tertiary/aromatic N) is 2. The minimum Gasteiger partial charge on any atom is -0.323 e. The third-order valence-electron chi connectivity index (χ3n) is 3.80. The normalized spacial score (nSPS) is 13.9. The molecule has 0 aliphatic carbocycles. The van der Waals surface area contributed by atoms with Crippen molar-refractivity contribution < 1.29 is 4.79 Å². The van der Waals surface area contributed by atoms with Gasteiger partial charge in [0.15, 0.2) is 0 Å². The fourth-order valence-electron chi connectivity index (χ4n) is 2.40. The van der Waals surface area contributed by atoms with Crippen molar-refractivity contribution in [3.05, 3.63) is 47.8 Å². The lowest BCUT2D eigenvalue weighted by molar-refractivity contribution is -0.120. The van der Waals surface area contributed by atoms with Crippen molar-refractivity contribution >= 4 is 11.6 Å². The van der Waals surface area contributed by atoms with Gasteiger partial charge in [-0.25, -0.2) is 0 Å². The summed E-state index contributed by atoms with van der Waals surface area (Å²) in [7, 11) is 1.85. The van der Waals surface area contributed by atoms with Gasteiger partial charge in [-0.1, -0.05) is 51.1 Å². The molecule has 2 unspecified atom stereocenters. The second-order valence-electron chi connectivity index (χ2n) is 5.97. The number of aromatic nitrogens is 2. The molecule has 0 bridgehead atoms. The average Bonchev–Trinajstić information content (AvgIpc) is 2.87. The van der Waals surface area contributed by atoms with Gasteiger partial charge in [-0.2, -0.15) is 5.10 Å². The maximum Gasteiger partial charge on any atom is 0.229 e. The molecule has 1 aromatic heterocycles. The summed E-state index contributed by atoms with van der Waals surface area (Å²) in [5, 5.41) is 7.36. The van der Waals surface area contributed by atoms with E-state index in [2.05, 4.69) is 24.3 Å². The first-order chi connectivity index (χ1) is 10.4. The molecule has 22 heavy (non-hydrogen) atoms. The molecule has 2 aromatic rings. The SMILES string of the molecule is CC(C)c1nn(C)cc1NC(=O)C(C)C(N)c1ccccc1. The third kappa shape index (κ3) is 3.54. The summed E-state index contributed by atoms with van der Waals surface area (Å²) < 4.78 is 1.72. The number of nitrogens with two attached hydrogens (primary N) is 1. The molecule has 5 nitrogen and oxygen atoms in total. The van der Waals surface area contributed by atoms with Crippen LogP contribution in [0.3, 0.4) is 0 Å². The maximum absolute atomic E-state index is 12.5. The summed E-state index contributed by atoms with van der Waals surface area (Å²) in [6.07, 6.45) is 1.83. The van der Waals surface area contributed by atoms with Gasteiger partial charge in [-0.15, -0.1) is 0 Å². The molecular weight excluding hydrogens is 276 g/mol. The zero-order valence-electron chi connectivity index (χ0n) is 13.6. The molecule has 0 radical (unpaired) electrons. The molecular formula is C17H24N4O. The third-order valence-corrected chi connectivity index (χ3v) is 3.80. The molecule has 2 rings (SSSR count). The van der Waals surface area contributed by atoms with Gasteiger partial charge >= 0.3 is 0 Å².